The molecule has 1 N–H and O–H groups in total. The molecule has 7 heteroatoms. The van der Waals surface area contributed by atoms with Crippen molar-refractivity contribution < 1.29 is 23.5 Å². The molecule has 0 saturated heterocycles. The molecule has 0 unspecified atom stereocenters. The van der Waals surface area contributed by atoms with E-state index in [0.717, 1.165) is 5.56 Å². The van der Waals surface area contributed by atoms with Crippen LogP contribution in [0.15, 0.2) is 53.0 Å². The van der Waals surface area contributed by atoms with Gasteiger partial charge in [-0.3, -0.25) is 9.59 Å². The molecular weight excluding hydrogens is 381 g/mol. The SMILES string of the molecule is O=C(COc1ccc(Br)cc1F)NCC(=O)OCc1ccccc1. The summed E-state index contributed by atoms with van der Waals surface area (Å²) in [6.07, 6.45) is 0. The third-order valence-corrected chi connectivity index (χ3v) is 3.42. The molecule has 2 rings (SSSR count). The van der Waals surface area contributed by atoms with Crippen LogP contribution >= 0.6 is 15.9 Å². The van der Waals surface area contributed by atoms with Crippen molar-refractivity contribution in [3.8, 4) is 5.75 Å². The Labute approximate surface area is 146 Å². The van der Waals surface area contributed by atoms with E-state index >= 15 is 0 Å². The normalized spacial score (nSPS) is 10.1. The molecule has 0 heterocycles. The van der Waals surface area contributed by atoms with E-state index in [2.05, 4.69) is 21.2 Å². The Hall–Kier alpha value is -2.41. The van der Waals surface area contributed by atoms with Gasteiger partial charge in [0, 0.05) is 4.47 Å². The van der Waals surface area contributed by atoms with Gasteiger partial charge in [-0.15, -0.1) is 0 Å². The van der Waals surface area contributed by atoms with Crippen LogP contribution in [-0.4, -0.2) is 25.0 Å². The van der Waals surface area contributed by atoms with E-state index in [0.29, 0.717) is 4.47 Å². The van der Waals surface area contributed by atoms with E-state index in [1.807, 2.05) is 30.3 Å². The molecule has 0 radical (unpaired) electrons. The second-order valence-corrected chi connectivity index (χ2v) is 5.70. The molecule has 0 spiro atoms. The molecule has 2 aromatic carbocycles. The molecule has 0 aliphatic rings. The summed E-state index contributed by atoms with van der Waals surface area (Å²) in [5.74, 6) is -1.74. The average molecular weight is 396 g/mol. The van der Waals surface area contributed by atoms with Gasteiger partial charge in [0.25, 0.3) is 5.91 Å². The second-order valence-electron chi connectivity index (χ2n) is 4.79. The minimum absolute atomic E-state index is 0.0417. The molecule has 0 fully saturated rings. The number of halogens is 2. The highest BCUT2D eigenvalue weighted by Crippen LogP contribution is 2.21. The first-order chi connectivity index (χ1) is 11.5. The molecule has 0 saturated carbocycles. The topological polar surface area (TPSA) is 64.6 Å². The van der Waals surface area contributed by atoms with Crippen LogP contribution in [0.1, 0.15) is 5.56 Å². The Balaban J connectivity index is 1.68. The zero-order chi connectivity index (χ0) is 17.4. The Kier molecular flexibility index (Phi) is 6.74. The Bertz CT molecular complexity index is 709. The number of ether oxygens (including phenoxy) is 2. The number of benzene rings is 2. The van der Waals surface area contributed by atoms with Crippen LogP contribution in [-0.2, 0) is 20.9 Å². The predicted molar refractivity (Wildman–Crippen MR) is 88.8 cm³/mol. The Morgan fingerprint density at radius 2 is 1.88 bits per heavy atom. The van der Waals surface area contributed by atoms with Crippen LogP contribution in [0.3, 0.4) is 0 Å². The van der Waals surface area contributed by atoms with Crippen molar-refractivity contribution in [3.63, 3.8) is 0 Å². The van der Waals surface area contributed by atoms with E-state index in [4.69, 9.17) is 9.47 Å². The lowest BCUT2D eigenvalue weighted by Crippen LogP contribution is -2.34. The van der Waals surface area contributed by atoms with Crippen LogP contribution in [0.25, 0.3) is 0 Å². The number of nitrogens with one attached hydrogen (secondary N) is 1. The molecule has 126 valence electrons. The van der Waals surface area contributed by atoms with Gasteiger partial charge >= 0.3 is 5.97 Å². The fourth-order valence-electron chi connectivity index (χ4n) is 1.75. The molecule has 0 atom stereocenters. The smallest absolute Gasteiger partial charge is 0.325 e. The van der Waals surface area contributed by atoms with Gasteiger partial charge in [-0.25, -0.2) is 4.39 Å². The lowest BCUT2D eigenvalue weighted by molar-refractivity contribution is -0.145. The molecule has 5 nitrogen and oxygen atoms in total. The van der Waals surface area contributed by atoms with Gasteiger partial charge in [-0.1, -0.05) is 46.3 Å². The highest BCUT2D eigenvalue weighted by molar-refractivity contribution is 9.10. The second kappa shape index (κ2) is 9.02. The van der Waals surface area contributed by atoms with Crippen molar-refractivity contribution in [2.45, 2.75) is 6.61 Å². The monoisotopic (exact) mass is 395 g/mol. The van der Waals surface area contributed by atoms with E-state index in [-0.39, 0.29) is 18.9 Å². The number of rotatable bonds is 7. The van der Waals surface area contributed by atoms with E-state index in [9.17, 15) is 14.0 Å². The average Bonchev–Trinajstić information content (AvgIpc) is 2.58. The molecule has 2 aromatic rings. The van der Waals surface area contributed by atoms with Gasteiger partial charge in [0.1, 0.15) is 13.2 Å². The number of amides is 1. The third-order valence-electron chi connectivity index (χ3n) is 2.93. The van der Waals surface area contributed by atoms with Crippen LogP contribution in [0.2, 0.25) is 0 Å². The summed E-state index contributed by atoms with van der Waals surface area (Å²) in [5, 5.41) is 2.35. The first kappa shape index (κ1) is 17.9. The van der Waals surface area contributed by atoms with Crippen molar-refractivity contribution in [2.24, 2.45) is 0 Å². The van der Waals surface area contributed by atoms with Crippen LogP contribution in [0.5, 0.6) is 5.75 Å². The maximum Gasteiger partial charge on any atom is 0.325 e. The quantitative estimate of drug-likeness (QED) is 0.732. The zero-order valence-corrected chi connectivity index (χ0v) is 14.2. The highest BCUT2D eigenvalue weighted by atomic mass is 79.9. The largest absolute Gasteiger partial charge is 0.481 e. The number of carbonyl (C=O) groups excluding carboxylic acids is 2. The number of carbonyl (C=O) groups is 2. The van der Waals surface area contributed by atoms with Crippen LogP contribution < -0.4 is 10.1 Å². The fourth-order valence-corrected chi connectivity index (χ4v) is 2.08. The van der Waals surface area contributed by atoms with E-state index in [1.165, 1.54) is 12.1 Å². The van der Waals surface area contributed by atoms with Crippen LogP contribution in [0.4, 0.5) is 4.39 Å². The molecular formula is C17H15BrFNO4. The Morgan fingerprint density at radius 1 is 1.12 bits per heavy atom. The van der Waals surface area contributed by atoms with Crippen molar-refractivity contribution in [1.82, 2.24) is 5.32 Å². The summed E-state index contributed by atoms with van der Waals surface area (Å²) >= 11 is 3.12. The lowest BCUT2D eigenvalue weighted by atomic mass is 10.2. The van der Waals surface area contributed by atoms with Crippen molar-refractivity contribution >= 4 is 27.8 Å². The first-order valence-corrected chi connectivity index (χ1v) is 7.88. The Morgan fingerprint density at radius 3 is 2.58 bits per heavy atom. The third kappa shape index (κ3) is 6.00. The van der Waals surface area contributed by atoms with Gasteiger partial charge in [0.15, 0.2) is 18.2 Å². The van der Waals surface area contributed by atoms with Gasteiger partial charge in [0.05, 0.1) is 0 Å². The summed E-state index contributed by atoms with van der Waals surface area (Å²) in [6, 6.07) is 13.4. The van der Waals surface area contributed by atoms with E-state index < -0.39 is 24.3 Å². The van der Waals surface area contributed by atoms with Crippen molar-refractivity contribution in [1.29, 1.82) is 0 Å². The minimum Gasteiger partial charge on any atom is -0.481 e. The first-order valence-electron chi connectivity index (χ1n) is 7.08. The number of hydrogen-bond donors (Lipinski definition) is 1. The van der Waals surface area contributed by atoms with E-state index in [1.54, 1.807) is 6.07 Å². The summed E-state index contributed by atoms with van der Waals surface area (Å²) in [5.41, 5.74) is 0.853. The zero-order valence-electron chi connectivity index (χ0n) is 12.6. The molecule has 1 amide bonds. The number of hydrogen-bond acceptors (Lipinski definition) is 4. The summed E-state index contributed by atoms with van der Waals surface area (Å²) in [7, 11) is 0. The standard InChI is InChI=1S/C17H15BrFNO4/c18-13-6-7-15(14(19)8-13)23-11-16(21)20-9-17(22)24-10-12-4-2-1-3-5-12/h1-8H,9-11H2,(H,20,21). The summed E-state index contributed by atoms with van der Waals surface area (Å²) in [4.78, 5) is 23.1. The van der Waals surface area contributed by atoms with Gasteiger partial charge in [-0.2, -0.15) is 0 Å². The van der Waals surface area contributed by atoms with Crippen molar-refractivity contribution in [2.75, 3.05) is 13.2 Å². The van der Waals surface area contributed by atoms with Gasteiger partial charge < -0.3 is 14.8 Å². The predicted octanol–water partition coefficient (Wildman–Crippen LogP) is 2.83. The summed E-state index contributed by atoms with van der Waals surface area (Å²) < 4.78 is 24.2. The molecule has 0 aromatic heterocycles. The summed E-state index contributed by atoms with van der Waals surface area (Å²) in [6.45, 7) is -0.543. The molecule has 0 aliphatic heterocycles. The molecule has 0 aliphatic carbocycles. The van der Waals surface area contributed by atoms with Gasteiger partial charge in [0.2, 0.25) is 0 Å². The van der Waals surface area contributed by atoms with Gasteiger partial charge in [-0.05, 0) is 23.8 Å². The highest BCUT2D eigenvalue weighted by Gasteiger charge is 2.10. The molecule has 24 heavy (non-hydrogen) atoms. The lowest BCUT2D eigenvalue weighted by Gasteiger charge is -2.09. The number of esters is 1. The maximum absolute atomic E-state index is 13.5. The van der Waals surface area contributed by atoms with Crippen molar-refractivity contribution in [3.05, 3.63) is 64.4 Å². The molecule has 0 bridgehead atoms. The minimum atomic E-state index is -0.584. The fraction of sp³-hybridized carbons (Fsp3) is 0.176. The maximum atomic E-state index is 13.5. The van der Waals surface area contributed by atoms with Crippen LogP contribution in [0, 0.1) is 5.82 Å².